The minimum Gasteiger partial charge on any atom is -0.326 e. The first-order valence-electron chi connectivity index (χ1n) is 5.63. The van der Waals surface area contributed by atoms with Crippen molar-refractivity contribution < 1.29 is 4.39 Å². The molecule has 86 valence electrons. The van der Waals surface area contributed by atoms with Crippen LogP contribution in [0.25, 0.3) is 5.57 Å². The third kappa shape index (κ3) is 2.15. The Morgan fingerprint density at radius 3 is 3.00 bits per heavy atom. The number of rotatable bonds is 3. The van der Waals surface area contributed by atoms with Gasteiger partial charge in [-0.2, -0.15) is 0 Å². The number of nitrogens with one attached hydrogen (secondary N) is 1. The zero-order valence-corrected chi connectivity index (χ0v) is 9.30. The molecule has 0 radical (unpaired) electrons. The van der Waals surface area contributed by atoms with E-state index >= 15 is 0 Å². The summed E-state index contributed by atoms with van der Waals surface area (Å²) in [5.74, 6) is -0.239. The molecule has 0 spiro atoms. The Balaban J connectivity index is 2.28. The molecule has 1 fully saturated rings. The van der Waals surface area contributed by atoms with Gasteiger partial charge in [-0.05, 0) is 48.2 Å². The second kappa shape index (κ2) is 4.76. The number of hydrogen-bond acceptors (Lipinski definition) is 2. The van der Waals surface area contributed by atoms with Gasteiger partial charge in [0.05, 0.1) is 0 Å². The second-order valence-electron chi connectivity index (χ2n) is 4.18. The molecule has 1 aliphatic rings. The molecular weight excluding hydrogens is 203 g/mol. The highest BCUT2D eigenvalue weighted by Crippen LogP contribution is 2.25. The Hall–Kier alpha value is -1.19. The van der Waals surface area contributed by atoms with Crippen LogP contribution in [0, 0.1) is 5.82 Å². The normalized spacial score (nSPS) is 20.0. The van der Waals surface area contributed by atoms with Crippen LogP contribution in [-0.2, 0) is 6.54 Å². The number of benzene rings is 1. The standard InChI is InChI=1S/C13H17FN2/c1-9(13-3-2-6-16-13)12-5-4-11(14)7-10(12)8-15/h4-5,7,13,16H,1-3,6,8,15H2. The Kier molecular flexibility index (Phi) is 3.36. The molecule has 0 saturated carbocycles. The van der Waals surface area contributed by atoms with Crippen LogP contribution in [0.15, 0.2) is 24.8 Å². The van der Waals surface area contributed by atoms with Gasteiger partial charge in [0, 0.05) is 12.6 Å². The molecule has 0 bridgehead atoms. The third-order valence-corrected chi connectivity index (χ3v) is 3.11. The van der Waals surface area contributed by atoms with E-state index in [1.807, 2.05) is 0 Å². The molecule has 1 aliphatic heterocycles. The summed E-state index contributed by atoms with van der Waals surface area (Å²) in [4.78, 5) is 0. The lowest BCUT2D eigenvalue weighted by Gasteiger charge is -2.17. The Morgan fingerprint density at radius 2 is 2.38 bits per heavy atom. The van der Waals surface area contributed by atoms with Crippen molar-refractivity contribution in [2.24, 2.45) is 5.73 Å². The van der Waals surface area contributed by atoms with Crippen molar-refractivity contribution in [3.63, 3.8) is 0 Å². The minimum absolute atomic E-state index is 0.239. The first-order valence-corrected chi connectivity index (χ1v) is 5.63. The van der Waals surface area contributed by atoms with Crippen molar-refractivity contribution in [3.05, 3.63) is 41.7 Å². The van der Waals surface area contributed by atoms with Crippen LogP contribution >= 0.6 is 0 Å². The monoisotopic (exact) mass is 220 g/mol. The van der Waals surface area contributed by atoms with E-state index in [-0.39, 0.29) is 5.82 Å². The smallest absolute Gasteiger partial charge is 0.123 e. The molecular formula is C13H17FN2. The van der Waals surface area contributed by atoms with Crippen molar-refractivity contribution in [2.45, 2.75) is 25.4 Å². The first-order chi connectivity index (χ1) is 7.72. The van der Waals surface area contributed by atoms with Gasteiger partial charge in [-0.3, -0.25) is 0 Å². The largest absolute Gasteiger partial charge is 0.326 e. The number of hydrogen-bond donors (Lipinski definition) is 2. The van der Waals surface area contributed by atoms with E-state index in [1.165, 1.54) is 18.6 Å². The lowest BCUT2D eigenvalue weighted by Crippen LogP contribution is -2.23. The highest BCUT2D eigenvalue weighted by atomic mass is 19.1. The lowest BCUT2D eigenvalue weighted by molar-refractivity contribution is 0.625. The molecule has 1 aromatic rings. The van der Waals surface area contributed by atoms with E-state index in [4.69, 9.17) is 5.73 Å². The van der Waals surface area contributed by atoms with E-state index < -0.39 is 0 Å². The van der Waals surface area contributed by atoms with E-state index in [2.05, 4.69) is 11.9 Å². The summed E-state index contributed by atoms with van der Waals surface area (Å²) >= 11 is 0. The molecule has 16 heavy (non-hydrogen) atoms. The van der Waals surface area contributed by atoms with Gasteiger partial charge in [-0.1, -0.05) is 12.6 Å². The van der Waals surface area contributed by atoms with Crippen molar-refractivity contribution in [3.8, 4) is 0 Å². The van der Waals surface area contributed by atoms with Gasteiger partial charge in [0.2, 0.25) is 0 Å². The molecule has 1 heterocycles. The fourth-order valence-corrected chi connectivity index (χ4v) is 2.21. The van der Waals surface area contributed by atoms with Gasteiger partial charge in [-0.25, -0.2) is 4.39 Å². The van der Waals surface area contributed by atoms with Gasteiger partial charge >= 0.3 is 0 Å². The highest BCUT2D eigenvalue weighted by Gasteiger charge is 2.19. The summed E-state index contributed by atoms with van der Waals surface area (Å²) in [6.07, 6.45) is 2.27. The van der Waals surface area contributed by atoms with Gasteiger partial charge in [-0.15, -0.1) is 0 Å². The average molecular weight is 220 g/mol. The molecule has 1 aromatic carbocycles. The predicted octanol–water partition coefficient (Wildman–Crippen LogP) is 2.05. The van der Waals surface area contributed by atoms with Crippen LogP contribution in [0.1, 0.15) is 24.0 Å². The van der Waals surface area contributed by atoms with Crippen LogP contribution in [0.3, 0.4) is 0 Å². The second-order valence-corrected chi connectivity index (χ2v) is 4.18. The summed E-state index contributed by atoms with van der Waals surface area (Å²) in [6.45, 7) is 5.48. The summed E-state index contributed by atoms with van der Waals surface area (Å²) in [7, 11) is 0. The summed E-state index contributed by atoms with van der Waals surface area (Å²) in [5.41, 5.74) is 8.47. The van der Waals surface area contributed by atoms with E-state index in [1.54, 1.807) is 6.07 Å². The minimum atomic E-state index is -0.239. The fourth-order valence-electron chi connectivity index (χ4n) is 2.21. The Bertz CT molecular complexity index is 395. The van der Waals surface area contributed by atoms with E-state index in [0.29, 0.717) is 12.6 Å². The Labute approximate surface area is 95.3 Å². The van der Waals surface area contributed by atoms with Crippen molar-refractivity contribution in [1.82, 2.24) is 5.32 Å². The molecule has 1 saturated heterocycles. The van der Waals surface area contributed by atoms with Gasteiger partial charge in [0.1, 0.15) is 5.82 Å². The summed E-state index contributed by atoms with van der Waals surface area (Å²) in [6, 6.07) is 5.06. The molecule has 2 nitrogen and oxygen atoms in total. The quantitative estimate of drug-likeness (QED) is 0.818. The van der Waals surface area contributed by atoms with Crippen LogP contribution in [-0.4, -0.2) is 12.6 Å². The molecule has 2 rings (SSSR count). The topological polar surface area (TPSA) is 38.0 Å². The molecule has 0 aromatic heterocycles. The molecule has 1 atom stereocenters. The lowest BCUT2D eigenvalue weighted by atomic mass is 9.94. The molecule has 0 aliphatic carbocycles. The van der Waals surface area contributed by atoms with Crippen molar-refractivity contribution in [1.29, 1.82) is 0 Å². The van der Waals surface area contributed by atoms with Gasteiger partial charge in [0.15, 0.2) is 0 Å². The Morgan fingerprint density at radius 1 is 1.56 bits per heavy atom. The maximum Gasteiger partial charge on any atom is 0.123 e. The molecule has 3 heteroatoms. The van der Waals surface area contributed by atoms with Gasteiger partial charge in [0.25, 0.3) is 0 Å². The predicted molar refractivity (Wildman–Crippen MR) is 64.4 cm³/mol. The maximum atomic E-state index is 13.1. The van der Waals surface area contributed by atoms with E-state index in [0.717, 1.165) is 29.7 Å². The van der Waals surface area contributed by atoms with Crippen LogP contribution < -0.4 is 11.1 Å². The fraction of sp³-hybridized carbons (Fsp3) is 0.385. The number of nitrogens with two attached hydrogens (primary N) is 1. The zero-order valence-electron chi connectivity index (χ0n) is 9.30. The maximum absolute atomic E-state index is 13.1. The molecule has 3 N–H and O–H groups in total. The number of halogens is 1. The van der Waals surface area contributed by atoms with Crippen molar-refractivity contribution >= 4 is 5.57 Å². The summed E-state index contributed by atoms with van der Waals surface area (Å²) in [5, 5.41) is 3.39. The highest BCUT2D eigenvalue weighted by molar-refractivity contribution is 5.70. The molecule has 1 unspecified atom stereocenters. The van der Waals surface area contributed by atoms with E-state index in [9.17, 15) is 4.39 Å². The van der Waals surface area contributed by atoms with Crippen LogP contribution in [0.5, 0.6) is 0 Å². The SMILES string of the molecule is C=C(c1ccc(F)cc1CN)C1CCCN1. The molecule has 0 amide bonds. The third-order valence-electron chi connectivity index (χ3n) is 3.11. The first kappa shape index (κ1) is 11.3. The van der Waals surface area contributed by atoms with Crippen LogP contribution in [0.2, 0.25) is 0 Å². The summed E-state index contributed by atoms with van der Waals surface area (Å²) < 4.78 is 13.1. The van der Waals surface area contributed by atoms with Crippen LogP contribution in [0.4, 0.5) is 4.39 Å². The van der Waals surface area contributed by atoms with Gasteiger partial charge < -0.3 is 11.1 Å². The van der Waals surface area contributed by atoms with Crippen molar-refractivity contribution in [2.75, 3.05) is 6.54 Å². The zero-order chi connectivity index (χ0) is 11.5. The average Bonchev–Trinajstić information content (AvgIpc) is 2.81.